The summed E-state index contributed by atoms with van der Waals surface area (Å²) < 4.78 is 10.6. The highest BCUT2D eigenvalue weighted by Crippen LogP contribution is 2.25. The van der Waals surface area contributed by atoms with E-state index in [1.807, 2.05) is 12.1 Å². The summed E-state index contributed by atoms with van der Waals surface area (Å²) in [5, 5.41) is 5.28. The molecule has 0 bridgehead atoms. The van der Waals surface area contributed by atoms with Crippen molar-refractivity contribution in [3.63, 3.8) is 0 Å². The number of ether oxygens (including phenoxy) is 2. The molecule has 0 aromatic heterocycles. The van der Waals surface area contributed by atoms with Crippen LogP contribution in [0.15, 0.2) is 24.3 Å². The quantitative estimate of drug-likeness (QED) is 0.688. The highest BCUT2D eigenvalue weighted by Gasteiger charge is 2.05. The zero-order chi connectivity index (χ0) is 14.8. The van der Waals surface area contributed by atoms with Gasteiger partial charge in [-0.15, -0.1) is 0 Å². The Morgan fingerprint density at radius 1 is 1.10 bits per heavy atom. The first kappa shape index (κ1) is 15.8. The molecule has 0 fully saturated rings. The van der Waals surface area contributed by atoms with Crippen LogP contribution >= 0.6 is 0 Å². The molecule has 1 rings (SSSR count). The van der Waals surface area contributed by atoms with Gasteiger partial charge < -0.3 is 20.1 Å². The van der Waals surface area contributed by atoms with Crippen molar-refractivity contribution in [2.75, 3.05) is 26.8 Å². The van der Waals surface area contributed by atoms with Crippen LogP contribution in [0.2, 0.25) is 0 Å². The maximum absolute atomic E-state index is 11.5. The molecule has 6 heteroatoms. The van der Waals surface area contributed by atoms with Crippen molar-refractivity contribution in [3.05, 3.63) is 24.3 Å². The minimum Gasteiger partial charge on any atom is -0.493 e. The summed E-state index contributed by atoms with van der Waals surface area (Å²) in [6.07, 6.45) is 0.248. The van der Waals surface area contributed by atoms with Crippen molar-refractivity contribution in [1.82, 2.24) is 10.6 Å². The summed E-state index contributed by atoms with van der Waals surface area (Å²) in [4.78, 5) is 22.1. The molecule has 20 heavy (non-hydrogen) atoms. The minimum absolute atomic E-state index is 0.112. The normalized spacial score (nSPS) is 9.70. The average Bonchev–Trinajstić information content (AvgIpc) is 2.44. The predicted molar refractivity (Wildman–Crippen MR) is 74.8 cm³/mol. The van der Waals surface area contributed by atoms with Crippen LogP contribution in [-0.2, 0) is 9.59 Å². The van der Waals surface area contributed by atoms with E-state index in [0.29, 0.717) is 24.6 Å². The Morgan fingerprint density at radius 3 is 2.40 bits per heavy atom. The first-order valence-corrected chi connectivity index (χ1v) is 6.40. The highest BCUT2D eigenvalue weighted by atomic mass is 16.5. The van der Waals surface area contributed by atoms with E-state index in [9.17, 15) is 9.59 Å². The van der Waals surface area contributed by atoms with E-state index in [0.717, 1.165) is 0 Å². The van der Waals surface area contributed by atoms with Gasteiger partial charge in [0.2, 0.25) is 11.8 Å². The number of para-hydroxylation sites is 2. The van der Waals surface area contributed by atoms with Crippen LogP contribution in [0.25, 0.3) is 0 Å². The van der Waals surface area contributed by atoms with Crippen molar-refractivity contribution in [1.29, 1.82) is 0 Å². The van der Waals surface area contributed by atoms with Crippen molar-refractivity contribution in [2.24, 2.45) is 0 Å². The van der Waals surface area contributed by atoms with Gasteiger partial charge in [0.25, 0.3) is 0 Å². The van der Waals surface area contributed by atoms with Crippen LogP contribution in [0.1, 0.15) is 13.3 Å². The van der Waals surface area contributed by atoms with E-state index in [1.165, 1.54) is 6.92 Å². The second-order valence-electron chi connectivity index (χ2n) is 4.08. The Hall–Kier alpha value is -2.24. The fraction of sp³-hybridized carbons (Fsp3) is 0.429. The van der Waals surface area contributed by atoms with Crippen LogP contribution < -0.4 is 20.1 Å². The second kappa shape index (κ2) is 8.79. The molecule has 0 aliphatic rings. The van der Waals surface area contributed by atoms with Crippen LogP contribution in [0.4, 0.5) is 0 Å². The molecule has 1 aromatic rings. The lowest BCUT2D eigenvalue weighted by molar-refractivity contribution is -0.122. The zero-order valence-corrected chi connectivity index (χ0v) is 11.8. The van der Waals surface area contributed by atoms with Gasteiger partial charge in [-0.3, -0.25) is 9.59 Å². The van der Waals surface area contributed by atoms with Crippen LogP contribution in [-0.4, -0.2) is 38.6 Å². The Morgan fingerprint density at radius 2 is 1.75 bits per heavy atom. The molecular formula is C14H20N2O4. The first-order chi connectivity index (χ1) is 9.63. The number of nitrogens with one attached hydrogen (secondary N) is 2. The number of rotatable bonds is 8. The van der Waals surface area contributed by atoms with Crippen molar-refractivity contribution in [2.45, 2.75) is 13.3 Å². The van der Waals surface area contributed by atoms with E-state index < -0.39 is 0 Å². The molecule has 0 spiro atoms. The molecule has 0 saturated carbocycles. The van der Waals surface area contributed by atoms with Crippen LogP contribution in [0, 0.1) is 0 Å². The summed E-state index contributed by atoms with van der Waals surface area (Å²) in [5.74, 6) is 1.02. The molecule has 110 valence electrons. The minimum atomic E-state index is -0.120. The Labute approximate surface area is 118 Å². The molecule has 0 radical (unpaired) electrons. The summed E-state index contributed by atoms with van der Waals surface area (Å²) in [6.45, 7) is 2.54. The molecule has 0 saturated heterocycles. The molecule has 0 heterocycles. The SMILES string of the molecule is COc1ccccc1OCCC(=O)NCCNC(C)=O. The standard InChI is InChI=1S/C14H20N2O4/c1-11(17)15-8-9-16-14(18)7-10-20-13-6-4-3-5-12(13)19-2/h3-6H,7-10H2,1-2H3,(H,15,17)(H,16,18). The predicted octanol–water partition coefficient (Wildman–Crippen LogP) is 0.716. The fourth-order valence-electron chi connectivity index (χ4n) is 1.52. The number of hydrogen-bond acceptors (Lipinski definition) is 4. The Kier molecular flexibility index (Phi) is 6.95. The second-order valence-corrected chi connectivity index (χ2v) is 4.08. The van der Waals surface area contributed by atoms with Crippen molar-refractivity contribution >= 4 is 11.8 Å². The third-order valence-corrected chi connectivity index (χ3v) is 2.48. The molecule has 1 aromatic carbocycles. The van der Waals surface area contributed by atoms with Crippen molar-refractivity contribution < 1.29 is 19.1 Å². The van der Waals surface area contributed by atoms with Gasteiger partial charge in [0, 0.05) is 20.0 Å². The first-order valence-electron chi connectivity index (χ1n) is 6.40. The van der Waals surface area contributed by atoms with E-state index in [1.54, 1.807) is 19.2 Å². The number of carbonyl (C=O) groups is 2. The monoisotopic (exact) mass is 280 g/mol. The molecule has 0 unspecified atom stereocenters. The van der Waals surface area contributed by atoms with Crippen LogP contribution in [0.5, 0.6) is 11.5 Å². The molecule has 0 aliphatic heterocycles. The van der Waals surface area contributed by atoms with Gasteiger partial charge in [-0.2, -0.15) is 0 Å². The van der Waals surface area contributed by atoms with Gasteiger partial charge in [0.1, 0.15) is 0 Å². The average molecular weight is 280 g/mol. The summed E-state index contributed by atoms with van der Waals surface area (Å²) in [6, 6.07) is 7.27. The molecule has 2 amide bonds. The number of carbonyl (C=O) groups excluding carboxylic acids is 2. The molecule has 2 N–H and O–H groups in total. The fourth-order valence-corrected chi connectivity index (χ4v) is 1.52. The van der Waals surface area contributed by atoms with Gasteiger partial charge in [-0.1, -0.05) is 12.1 Å². The maximum atomic E-state index is 11.5. The summed E-state index contributed by atoms with van der Waals surface area (Å²) in [7, 11) is 1.57. The van der Waals surface area contributed by atoms with Gasteiger partial charge in [-0.05, 0) is 12.1 Å². The molecule has 0 aliphatic carbocycles. The van der Waals surface area contributed by atoms with Gasteiger partial charge >= 0.3 is 0 Å². The third-order valence-electron chi connectivity index (χ3n) is 2.48. The summed E-state index contributed by atoms with van der Waals surface area (Å²) >= 11 is 0. The Balaban J connectivity index is 2.20. The van der Waals surface area contributed by atoms with Gasteiger partial charge in [0.15, 0.2) is 11.5 Å². The van der Waals surface area contributed by atoms with E-state index in [2.05, 4.69) is 10.6 Å². The number of methoxy groups -OCH3 is 1. The lowest BCUT2D eigenvalue weighted by Gasteiger charge is -2.10. The third kappa shape index (κ3) is 6.08. The van der Waals surface area contributed by atoms with Crippen molar-refractivity contribution in [3.8, 4) is 11.5 Å². The Bertz CT molecular complexity index is 449. The molecule has 0 atom stereocenters. The van der Waals surface area contributed by atoms with E-state index in [4.69, 9.17) is 9.47 Å². The van der Waals surface area contributed by atoms with Gasteiger partial charge in [0.05, 0.1) is 20.1 Å². The number of amides is 2. The lowest BCUT2D eigenvalue weighted by Crippen LogP contribution is -2.34. The molecular weight excluding hydrogens is 260 g/mol. The zero-order valence-electron chi connectivity index (χ0n) is 11.8. The lowest BCUT2D eigenvalue weighted by atomic mass is 10.3. The van der Waals surface area contributed by atoms with E-state index in [-0.39, 0.29) is 24.8 Å². The van der Waals surface area contributed by atoms with Gasteiger partial charge in [-0.25, -0.2) is 0 Å². The highest BCUT2D eigenvalue weighted by molar-refractivity contribution is 5.76. The smallest absolute Gasteiger partial charge is 0.223 e. The molecule has 6 nitrogen and oxygen atoms in total. The summed E-state index contributed by atoms with van der Waals surface area (Å²) in [5.41, 5.74) is 0. The largest absolute Gasteiger partial charge is 0.493 e. The van der Waals surface area contributed by atoms with E-state index >= 15 is 0 Å². The number of hydrogen-bond donors (Lipinski definition) is 2. The van der Waals surface area contributed by atoms with Crippen LogP contribution in [0.3, 0.4) is 0 Å². The number of benzene rings is 1. The maximum Gasteiger partial charge on any atom is 0.223 e. The topological polar surface area (TPSA) is 76.7 Å².